The minimum atomic E-state index is -1.35. The van der Waals surface area contributed by atoms with Crippen molar-refractivity contribution in [2.24, 2.45) is 11.8 Å². The quantitative estimate of drug-likeness (QED) is 0.100. The fourth-order valence-electron chi connectivity index (χ4n) is 3.58. The average Bonchev–Trinajstić information content (AvgIpc) is 2.73. The van der Waals surface area contributed by atoms with Crippen molar-refractivity contribution in [2.75, 3.05) is 0 Å². The predicted molar refractivity (Wildman–Crippen MR) is 138 cm³/mol. The molecule has 0 aliphatic heterocycles. The van der Waals surface area contributed by atoms with Crippen molar-refractivity contribution in [1.82, 2.24) is 0 Å². The summed E-state index contributed by atoms with van der Waals surface area (Å²) < 4.78 is 3.14. The molecular weight excluding hydrogens is 519 g/mol. The Balaban J connectivity index is 0. The number of carboxylic acids is 2. The number of carbonyl (C=O) groups is 2. The number of aliphatic carboxylic acids is 2. The fourth-order valence-corrected chi connectivity index (χ4v) is 7.35. The molecule has 0 heterocycles. The van der Waals surface area contributed by atoms with Gasteiger partial charge in [-0.15, -0.1) is 0 Å². The Morgan fingerprint density at radius 2 is 0.879 bits per heavy atom. The van der Waals surface area contributed by atoms with Crippen LogP contribution in [0.25, 0.3) is 0 Å². The molecule has 0 saturated heterocycles. The summed E-state index contributed by atoms with van der Waals surface area (Å²) in [6.07, 6.45) is 12.9. The second-order valence-electron chi connectivity index (χ2n) is 10.0. The maximum atomic E-state index is 11.3. The number of unbranched alkanes of at least 4 members (excludes halogenated alkanes) is 10. The minimum absolute atomic E-state index is 0.0564. The predicted octanol–water partition coefficient (Wildman–Crippen LogP) is 6.12. The molecule has 0 N–H and O–H groups in total. The molecule has 0 aromatic carbocycles. The van der Waals surface area contributed by atoms with E-state index in [0.29, 0.717) is 12.8 Å². The van der Waals surface area contributed by atoms with Crippen LogP contribution in [0, 0.1) is 11.8 Å². The molecule has 0 radical (unpaired) electrons. The summed E-state index contributed by atoms with van der Waals surface area (Å²) in [5.41, 5.74) is -0.113. The third-order valence-electron chi connectivity index (χ3n) is 5.52. The van der Waals surface area contributed by atoms with Crippen LogP contribution in [0.15, 0.2) is 11.1 Å². The molecule has 0 aromatic rings. The van der Waals surface area contributed by atoms with Crippen LogP contribution in [0.2, 0.25) is 8.87 Å². The first-order valence-electron chi connectivity index (χ1n) is 13.5. The van der Waals surface area contributed by atoms with E-state index in [1.165, 1.54) is 12.8 Å². The molecule has 0 aromatic heterocycles. The molecule has 0 spiro atoms. The molecular formula is C28H52O4Sn. The molecule has 0 amide bonds. The van der Waals surface area contributed by atoms with Gasteiger partial charge in [0.2, 0.25) is 0 Å². The summed E-state index contributed by atoms with van der Waals surface area (Å²) in [6, 6.07) is 0. The standard InChI is InChI=1S/C20H36O4.2C4H9.Sn/c1-3-5-7-9-11-13-15-17(19(21)22)18(20(23)24)16-14-12-10-8-6-4-2;2*1-4(2)3;/h3-16H2,1-2H3,(H,21,22)(H,23,24);2*4H,1H2,2-3H3;/q;;;+2/p-2/b18-17-;;;. The van der Waals surface area contributed by atoms with Crippen molar-refractivity contribution < 1.29 is 19.8 Å². The molecule has 33 heavy (non-hydrogen) atoms. The molecule has 192 valence electrons. The molecule has 5 heteroatoms. The van der Waals surface area contributed by atoms with Gasteiger partial charge in [-0.1, -0.05) is 78.1 Å². The Morgan fingerprint density at radius 1 is 0.576 bits per heavy atom. The van der Waals surface area contributed by atoms with Gasteiger partial charge < -0.3 is 19.8 Å². The van der Waals surface area contributed by atoms with Gasteiger partial charge in [0.25, 0.3) is 0 Å². The first kappa shape index (κ1) is 34.6. The van der Waals surface area contributed by atoms with E-state index < -0.39 is 11.9 Å². The zero-order valence-corrected chi connectivity index (χ0v) is 25.5. The van der Waals surface area contributed by atoms with Gasteiger partial charge in [0.15, 0.2) is 0 Å². The maximum Gasteiger partial charge on any atom is 0.0678 e. The summed E-state index contributed by atoms with van der Waals surface area (Å²) in [4.78, 5) is 22.7. The van der Waals surface area contributed by atoms with E-state index in [9.17, 15) is 19.8 Å². The van der Waals surface area contributed by atoms with E-state index in [1.807, 2.05) is 0 Å². The third-order valence-corrected chi connectivity index (χ3v) is 11.8. The van der Waals surface area contributed by atoms with Crippen LogP contribution in [0.5, 0.6) is 0 Å². The van der Waals surface area contributed by atoms with Crippen LogP contribution in [-0.4, -0.2) is 33.1 Å². The van der Waals surface area contributed by atoms with E-state index in [4.69, 9.17) is 0 Å². The van der Waals surface area contributed by atoms with E-state index in [2.05, 4.69) is 41.5 Å². The smallest absolute Gasteiger partial charge is 0.0678 e. The molecule has 4 nitrogen and oxygen atoms in total. The van der Waals surface area contributed by atoms with Crippen molar-refractivity contribution in [1.29, 1.82) is 0 Å². The Bertz CT molecular complexity index is 468. The van der Waals surface area contributed by atoms with E-state index in [0.717, 1.165) is 63.2 Å². The summed E-state index contributed by atoms with van der Waals surface area (Å²) >= 11 is 0.0709. The van der Waals surface area contributed by atoms with Gasteiger partial charge in [0, 0.05) is 0 Å². The number of rotatable bonds is 20. The first-order valence-corrected chi connectivity index (χ1v) is 17.6. The fraction of sp³-hybridized carbons (Fsp3) is 0.857. The van der Waals surface area contributed by atoms with Crippen LogP contribution >= 0.6 is 0 Å². The first-order chi connectivity index (χ1) is 15.7. The Labute approximate surface area is 215 Å². The normalized spacial score (nSPS) is 11.6. The summed E-state index contributed by atoms with van der Waals surface area (Å²) in [5, 5.41) is 22.7. The monoisotopic (exact) mass is 572 g/mol. The van der Waals surface area contributed by atoms with Crippen molar-refractivity contribution in [3.8, 4) is 0 Å². The van der Waals surface area contributed by atoms with Crippen LogP contribution in [0.3, 0.4) is 0 Å². The van der Waals surface area contributed by atoms with Gasteiger partial charge >= 0.3 is 69.5 Å². The molecule has 0 rings (SSSR count). The van der Waals surface area contributed by atoms with Crippen LogP contribution in [0.1, 0.15) is 131 Å². The number of carbonyl (C=O) groups excluding carboxylic acids is 2. The topological polar surface area (TPSA) is 80.3 Å². The van der Waals surface area contributed by atoms with Crippen molar-refractivity contribution in [3.05, 3.63) is 11.1 Å². The molecule has 0 aliphatic rings. The van der Waals surface area contributed by atoms with Gasteiger partial charge in [0.1, 0.15) is 0 Å². The summed E-state index contributed by atoms with van der Waals surface area (Å²) in [5.74, 6) is -0.770. The van der Waals surface area contributed by atoms with E-state index in [1.54, 1.807) is 8.87 Å². The van der Waals surface area contributed by atoms with Gasteiger partial charge in [-0.2, -0.15) is 0 Å². The van der Waals surface area contributed by atoms with Crippen molar-refractivity contribution in [3.63, 3.8) is 0 Å². The average molecular weight is 571 g/mol. The molecule has 0 saturated carbocycles. The summed E-state index contributed by atoms with van der Waals surface area (Å²) in [6.45, 7) is 13.6. The Kier molecular flexibility index (Phi) is 25.8. The van der Waals surface area contributed by atoms with E-state index in [-0.39, 0.29) is 45.1 Å². The largest absolute Gasteiger partial charge is 0.545 e. The minimum Gasteiger partial charge on any atom is -0.545 e. The van der Waals surface area contributed by atoms with Crippen LogP contribution < -0.4 is 10.2 Å². The molecule has 0 unspecified atom stereocenters. The second kappa shape index (κ2) is 24.6. The molecule has 0 atom stereocenters. The zero-order chi connectivity index (χ0) is 25.5. The number of carboxylic acid groups (broad SMARTS) is 2. The Morgan fingerprint density at radius 3 is 1.15 bits per heavy atom. The number of hydrogen-bond donors (Lipinski definition) is 0. The van der Waals surface area contributed by atoms with Crippen LogP contribution in [-0.2, 0) is 9.59 Å². The van der Waals surface area contributed by atoms with E-state index >= 15 is 0 Å². The van der Waals surface area contributed by atoms with Gasteiger partial charge in [-0.3, -0.25) is 0 Å². The summed E-state index contributed by atoms with van der Waals surface area (Å²) in [7, 11) is 0. The zero-order valence-electron chi connectivity index (χ0n) is 22.6. The van der Waals surface area contributed by atoms with Crippen molar-refractivity contribution >= 4 is 33.1 Å². The van der Waals surface area contributed by atoms with Gasteiger partial charge in [-0.25, -0.2) is 0 Å². The Hall–Kier alpha value is -0.521. The molecule has 0 fully saturated rings. The molecule has 0 aliphatic carbocycles. The molecule has 0 bridgehead atoms. The maximum absolute atomic E-state index is 11.3. The SMILES string of the molecule is CC(C)[CH2][Sn+2][CH2]C(C)C.CCCCCCCC/C(C(=O)[O-])=C(\CCCCCCCC)C(=O)[O-]. The second-order valence-corrected chi connectivity index (χ2v) is 13.8. The van der Waals surface area contributed by atoms with Gasteiger partial charge in [0.05, 0.1) is 11.9 Å². The number of hydrogen-bond acceptors (Lipinski definition) is 4. The van der Waals surface area contributed by atoms with Crippen molar-refractivity contribution in [2.45, 2.75) is 140 Å². The third kappa shape index (κ3) is 24.4. The van der Waals surface area contributed by atoms with Gasteiger partial charge in [-0.05, 0) is 36.8 Å². The van der Waals surface area contributed by atoms with Crippen LogP contribution in [0.4, 0.5) is 0 Å².